The van der Waals surface area contributed by atoms with E-state index in [4.69, 9.17) is 0 Å². The van der Waals surface area contributed by atoms with Crippen molar-refractivity contribution in [1.82, 2.24) is 4.90 Å². The average molecular weight is 414 g/mol. The van der Waals surface area contributed by atoms with Gasteiger partial charge in [-0.3, -0.25) is 9.59 Å². The minimum atomic E-state index is -3.05. The van der Waals surface area contributed by atoms with Crippen LogP contribution in [0.1, 0.15) is 43.0 Å². The van der Waals surface area contributed by atoms with Gasteiger partial charge in [0.2, 0.25) is 5.91 Å². The summed E-state index contributed by atoms with van der Waals surface area (Å²) in [4.78, 5) is 26.9. The van der Waals surface area contributed by atoms with Gasteiger partial charge in [0.15, 0.2) is 15.6 Å². The minimum absolute atomic E-state index is 0.0354. The van der Waals surface area contributed by atoms with Crippen LogP contribution in [0.5, 0.6) is 0 Å². The number of rotatable bonds is 8. The summed E-state index contributed by atoms with van der Waals surface area (Å²) in [6.45, 7) is 2.49. The molecule has 1 aliphatic rings. The first-order chi connectivity index (χ1) is 13.9. The van der Waals surface area contributed by atoms with E-state index in [1.807, 2.05) is 49.4 Å². The molecule has 1 fully saturated rings. The maximum atomic E-state index is 12.7. The Morgan fingerprint density at radius 2 is 1.62 bits per heavy atom. The molecule has 1 unspecified atom stereocenters. The lowest BCUT2D eigenvalue weighted by Gasteiger charge is -2.28. The van der Waals surface area contributed by atoms with Gasteiger partial charge < -0.3 is 4.90 Å². The largest absolute Gasteiger partial charge is 0.339 e. The molecule has 1 atom stereocenters. The van der Waals surface area contributed by atoms with E-state index in [0.717, 1.165) is 17.5 Å². The number of amides is 1. The van der Waals surface area contributed by atoms with E-state index in [-0.39, 0.29) is 42.1 Å². The summed E-state index contributed by atoms with van der Waals surface area (Å²) in [6, 6.07) is 17.1. The van der Waals surface area contributed by atoms with Gasteiger partial charge in [-0.25, -0.2) is 8.42 Å². The van der Waals surface area contributed by atoms with Crippen LogP contribution in [0.3, 0.4) is 0 Å². The van der Waals surface area contributed by atoms with Gasteiger partial charge in [0, 0.05) is 31.0 Å². The highest BCUT2D eigenvalue weighted by Gasteiger charge is 2.34. The number of benzene rings is 2. The second-order valence-electron chi connectivity index (χ2n) is 7.51. The summed E-state index contributed by atoms with van der Waals surface area (Å²) in [7, 11) is -3.05. The van der Waals surface area contributed by atoms with Gasteiger partial charge in [-0.2, -0.15) is 0 Å². The van der Waals surface area contributed by atoms with Crippen molar-refractivity contribution in [2.45, 2.75) is 38.6 Å². The Bertz CT molecular complexity index is 952. The van der Waals surface area contributed by atoms with E-state index in [1.54, 1.807) is 17.0 Å². The maximum Gasteiger partial charge on any atom is 0.223 e. The molecule has 1 aliphatic heterocycles. The Morgan fingerprint density at radius 1 is 0.966 bits per heavy atom. The van der Waals surface area contributed by atoms with E-state index >= 15 is 0 Å². The van der Waals surface area contributed by atoms with Crippen LogP contribution < -0.4 is 0 Å². The molecule has 29 heavy (non-hydrogen) atoms. The Labute approximate surface area is 172 Å². The SMILES string of the molecule is CCCN(C(=O)CCC(=O)c1ccc(-c2ccccc2)cc1)C1CCS(=O)(=O)C1. The van der Waals surface area contributed by atoms with Crippen molar-refractivity contribution in [2.75, 3.05) is 18.1 Å². The molecule has 154 valence electrons. The molecular formula is C23H27NO4S. The van der Waals surface area contributed by atoms with Crippen LogP contribution in [0.4, 0.5) is 0 Å². The van der Waals surface area contributed by atoms with Crippen molar-refractivity contribution < 1.29 is 18.0 Å². The highest BCUT2D eigenvalue weighted by Crippen LogP contribution is 2.21. The zero-order chi connectivity index (χ0) is 20.9. The molecule has 2 aromatic rings. The topological polar surface area (TPSA) is 71.5 Å². The van der Waals surface area contributed by atoms with E-state index in [1.165, 1.54) is 0 Å². The predicted molar refractivity (Wildman–Crippen MR) is 115 cm³/mol. The molecule has 0 N–H and O–H groups in total. The van der Waals surface area contributed by atoms with Crippen LogP contribution in [0, 0.1) is 0 Å². The first-order valence-electron chi connectivity index (χ1n) is 10.1. The number of hydrogen-bond acceptors (Lipinski definition) is 4. The first kappa shape index (κ1) is 21.2. The van der Waals surface area contributed by atoms with Crippen LogP contribution in [0.15, 0.2) is 54.6 Å². The first-order valence-corrected chi connectivity index (χ1v) is 11.9. The number of ketones is 1. The van der Waals surface area contributed by atoms with Crippen molar-refractivity contribution in [2.24, 2.45) is 0 Å². The van der Waals surface area contributed by atoms with Gasteiger partial charge in [0.25, 0.3) is 0 Å². The third kappa shape index (κ3) is 5.54. The summed E-state index contributed by atoms with van der Waals surface area (Å²) in [5, 5.41) is 0. The predicted octanol–water partition coefficient (Wildman–Crippen LogP) is 3.74. The number of nitrogens with zero attached hydrogens (tertiary/aromatic N) is 1. The quantitative estimate of drug-likeness (QED) is 0.618. The van der Waals surface area contributed by atoms with Crippen LogP contribution >= 0.6 is 0 Å². The molecule has 5 nitrogen and oxygen atoms in total. The van der Waals surface area contributed by atoms with E-state index in [2.05, 4.69) is 0 Å². The molecule has 2 aromatic carbocycles. The normalized spacial score (nSPS) is 17.8. The summed E-state index contributed by atoms with van der Waals surface area (Å²) in [5.74, 6) is -0.0393. The fourth-order valence-electron chi connectivity index (χ4n) is 3.76. The number of carbonyl (C=O) groups is 2. The fraction of sp³-hybridized carbons (Fsp3) is 0.391. The highest BCUT2D eigenvalue weighted by molar-refractivity contribution is 7.91. The molecule has 0 bridgehead atoms. The molecule has 0 radical (unpaired) electrons. The highest BCUT2D eigenvalue weighted by atomic mass is 32.2. The summed E-state index contributed by atoms with van der Waals surface area (Å²) in [6.07, 6.45) is 1.49. The Morgan fingerprint density at radius 3 is 2.21 bits per heavy atom. The lowest BCUT2D eigenvalue weighted by Crippen LogP contribution is -2.41. The Hall–Kier alpha value is -2.47. The van der Waals surface area contributed by atoms with Gasteiger partial charge in [0.05, 0.1) is 11.5 Å². The molecule has 0 aliphatic carbocycles. The van der Waals surface area contributed by atoms with Crippen LogP contribution in [0.25, 0.3) is 11.1 Å². The van der Waals surface area contributed by atoms with Crippen molar-refractivity contribution in [3.63, 3.8) is 0 Å². The molecule has 6 heteroatoms. The van der Waals surface area contributed by atoms with Crippen molar-refractivity contribution in [1.29, 1.82) is 0 Å². The van der Waals surface area contributed by atoms with Gasteiger partial charge in [-0.15, -0.1) is 0 Å². The lowest BCUT2D eigenvalue weighted by molar-refractivity contribution is -0.133. The van der Waals surface area contributed by atoms with Gasteiger partial charge in [0.1, 0.15) is 0 Å². The monoisotopic (exact) mass is 413 g/mol. The van der Waals surface area contributed by atoms with E-state index in [0.29, 0.717) is 18.5 Å². The summed E-state index contributed by atoms with van der Waals surface area (Å²) >= 11 is 0. The van der Waals surface area contributed by atoms with Crippen molar-refractivity contribution >= 4 is 21.5 Å². The molecule has 0 spiro atoms. The molecule has 1 saturated heterocycles. The number of Topliss-reactive ketones (excluding diaryl/α,β-unsaturated/α-hetero) is 1. The molecule has 1 amide bonds. The van der Waals surface area contributed by atoms with Crippen LogP contribution in [0.2, 0.25) is 0 Å². The van der Waals surface area contributed by atoms with Crippen molar-refractivity contribution in [3.8, 4) is 11.1 Å². The zero-order valence-corrected chi connectivity index (χ0v) is 17.5. The second kappa shape index (κ2) is 9.35. The molecule has 3 rings (SSSR count). The van der Waals surface area contributed by atoms with Crippen LogP contribution in [-0.2, 0) is 14.6 Å². The molecular weight excluding hydrogens is 386 g/mol. The van der Waals surface area contributed by atoms with Gasteiger partial charge in [-0.1, -0.05) is 61.5 Å². The van der Waals surface area contributed by atoms with E-state index < -0.39 is 9.84 Å². The van der Waals surface area contributed by atoms with Gasteiger partial charge in [-0.05, 0) is 24.0 Å². The lowest BCUT2D eigenvalue weighted by atomic mass is 10.0. The molecule has 0 aromatic heterocycles. The van der Waals surface area contributed by atoms with Crippen molar-refractivity contribution in [3.05, 3.63) is 60.2 Å². The Kier molecular flexibility index (Phi) is 6.85. The summed E-state index contributed by atoms with van der Waals surface area (Å²) in [5.41, 5.74) is 2.71. The number of sulfone groups is 1. The van der Waals surface area contributed by atoms with Crippen LogP contribution in [-0.4, -0.2) is 49.1 Å². The third-order valence-corrected chi connectivity index (χ3v) is 7.06. The minimum Gasteiger partial charge on any atom is -0.339 e. The van der Waals surface area contributed by atoms with E-state index in [9.17, 15) is 18.0 Å². The maximum absolute atomic E-state index is 12.7. The van der Waals surface area contributed by atoms with Gasteiger partial charge >= 0.3 is 0 Å². The number of hydrogen-bond donors (Lipinski definition) is 0. The molecule has 1 heterocycles. The smallest absolute Gasteiger partial charge is 0.223 e. The average Bonchev–Trinajstić information content (AvgIpc) is 3.10. The second-order valence-corrected chi connectivity index (χ2v) is 9.74. The summed E-state index contributed by atoms with van der Waals surface area (Å²) < 4.78 is 23.5. The Balaban J connectivity index is 1.59. The molecule has 0 saturated carbocycles. The zero-order valence-electron chi connectivity index (χ0n) is 16.7. The standard InChI is InChI=1S/C23H27NO4S/c1-2-15-24(21-14-16-29(27,28)17-21)23(26)13-12-22(25)20-10-8-19(9-11-20)18-6-4-3-5-7-18/h3-11,21H,2,12-17H2,1H3. The fourth-order valence-corrected chi connectivity index (χ4v) is 5.49. The number of carbonyl (C=O) groups excluding carboxylic acids is 2. The third-order valence-electron chi connectivity index (χ3n) is 5.31.